The zero-order valence-corrected chi connectivity index (χ0v) is 7.86. The molecular weight excluding hydrogens is 178 g/mol. The van der Waals surface area contributed by atoms with Gasteiger partial charge in [-0.2, -0.15) is 0 Å². The minimum absolute atomic E-state index is 0.148. The van der Waals surface area contributed by atoms with Crippen molar-refractivity contribution >= 4 is 5.78 Å². The van der Waals surface area contributed by atoms with E-state index in [0.29, 0.717) is 6.42 Å². The van der Waals surface area contributed by atoms with Crippen LogP contribution in [0.2, 0.25) is 0 Å². The summed E-state index contributed by atoms with van der Waals surface area (Å²) >= 11 is 0. The van der Waals surface area contributed by atoms with Crippen LogP contribution in [-0.4, -0.2) is 24.0 Å². The normalized spacial score (nSPS) is 16.3. The molecule has 0 amide bonds. The van der Waals surface area contributed by atoms with Crippen LogP contribution in [0.5, 0.6) is 5.75 Å². The van der Waals surface area contributed by atoms with Crippen LogP contribution in [-0.2, 0) is 11.2 Å². The predicted molar refractivity (Wildman–Crippen MR) is 53.2 cm³/mol. The average Bonchev–Trinajstić information content (AvgIpc) is 2.05. The number of aromatic hydroxyl groups is 1. The van der Waals surface area contributed by atoms with Crippen LogP contribution in [0.1, 0.15) is 5.56 Å². The maximum Gasteiger partial charge on any atom is 0.143 e. The van der Waals surface area contributed by atoms with Gasteiger partial charge < -0.3 is 10.4 Å². The highest BCUT2D eigenvalue weighted by molar-refractivity contribution is 5.85. The van der Waals surface area contributed by atoms with E-state index in [4.69, 9.17) is 0 Å². The Morgan fingerprint density at radius 3 is 2.71 bits per heavy atom. The fraction of sp³-hybridized carbons (Fsp3) is 0.364. The standard InChI is InChI=1S/C11H13NO2/c13-10-4-2-1-3-8(10)5-11(14)9-6-12-7-9/h1-4,9,12-13H,5-7H2. The molecule has 14 heavy (non-hydrogen) atoms. The molecular formula is C11H13NO2. The van der Waals surface area contributed by atoms with Crippen LogP contribution < -0.4 is 5.32 Å². The summed E-state index contributed by atoms with van der Waals surface area (Å²) in [5.41, 5.74) is 0.726. The van der Waals surface area contributed by atoms with Crippen LogP contribution >= 0.6 is 0 Å². The van der Waals surface area contributed by atoms with Crippen molar-refractivity contribution < 1.29 is 9.90 Å². The van der Waals surface area contributed by atoms with Gasteiger partial charge >= 0.3 is 0 Å². The van der Waals surface area contributed by atoms with Crippen molar-refractivity contribution in [2.75, 3.05) is 13.1 Å². The highest BCUT2D eigenvalue weighted by Crippen LogP contribution is 2.18. The molecule has 3 nitrogen and oxygen atoms in total. The first kappa shape index (κ1) is 9.21. The van der Waals surface area contributed by atoms with Crippen LogP contribution in [0.15, 0.2) is 24.3 Å². The van der Waals surface area contributed by atoms with E-state index in [1.165, 1.54) is 0 Å². The summed E-state index contributed by atoms with van der Waals surface area (Å²) in [5.74, 6) is 0.577. The fourth-order valence-electron chi connectivity index (χ4n) is 1.51. The van der Waals surface area contributed by atoms with Gasteiger partial charge in [-0.15, -0.1) is 0 Å². The number of phenols is 1. The summed E-state index contributed by atoms with van der Waals surface area (Å²) in [6, 6.07) is 7.00. The van der Waals surface area contributed by atoms with Gasteiger partial charge in [-0.25, -0.2) is 0 Å². The lowest BCUT2D eigenvalue weighted by Gasteiger charge is -2.25. The van der Waals surface area contributed by atoms with E-state index in [9.17, 15) is 9.90 Å². The third-order valence-corrected chi connectivity index (χ3v) is 2.59. The lowest BCUT2D eigenvalue weighted by molar-refractivity contribution is -0.123. The second-order valence-corrected chi connectivity index (χ2v) is 3.63. The van der Waals surface area contributed by atoms with Crippen molar-refractivity contribution in [1.82, 2.24) is 5.32 Å². The number of carbonyl (C=O) groups excluding carboxylic acids is 1. The van der Waals surface area contributed by atoms with E-state index in [0.717, 1.165) is 18.7 Å². The van der Waals surface area contributed by atoms with E-state index in [1.807, 2.05) is 6.07 Å². The zero-order chi connectivity index (χ0) is 9.97. The predicted octanol–water partition coefficient (Wildman–Crippen LogP) is 0.723. The number of hydrogen-bond donors (Lipinski definition) is 2. The molecule has 1 fully saturated rings. The van der Waals surface area contributed by atoms with Crippen molar-refractivity contribution in [3.8, 4) is 5.75 Å². The number of phenolic OH excluding ortho intramolecular Hbond substituents is 1. The first-order valence-electron chi connectivity index (χ1n) is 4.77. The minimum atomic E-state index is 0.148. The van der Waals surface area contributed by atoms with Crippen molar-refractivity contribution in [2.24, 2.45) is 5.92 Å². The maximum absolute atomic E-state index is 11.6. The SMILES string of the molecule is O=C(Cc1ccccc1O)C1CNC1. The Bertz CT molecular complexity index is 345. The molecule has 1 aliphatic heterocycles. The van der Waals surface area contributed by atoms with Crippen molar-refractivity contribution in [3.63, 3.8) is 0 Å². The van der Waals surface area contributed by atoms with Gasteiger partial charge in [0.25, 0.3) is 0 Å². The van der Waals surface area contributed by atoms with Crippen molar-refractivity contribution in [3.05, 3.63) is 29.8 Å². The average molecular weight is 191 g/mol. The molecule has 0 radical (unpaired) electrons. The van der Waals surface area contributed by atoms with Gasteiger partial charge in [0, 0.05) is 31.0 Å². The largest absolute Gasteiger partial charge is 0.508 e. The van der Waals surface area contributed by atoms with Crippen LogP contribution in [0.4, 0.5) is 0 Å². The van der Waals surface area contributed by atoms with Crippen molar-refractivity contribution in [1.29, 1.82) is 0 Å². The smallest absolute Gasteiger partial charge is 0.143 e. The summed E-state index contributed by atoms with van der Waals surface area (Å²) in [4.78, 5) is 11.6. The first-order chi connectivity index (χ1) is 6.77. The summed E-state index contributed by atoms with van der Waals surface area (Å²) in [5, 5.41) is 12.5. The molecule has 3 heteroatoms. The molecule has 0 spiro atoms. The topological polar surface area (TPSA) is 49.3 Å². The molecule has 74 valence electrons. The third kappa shape index (κ3) is 1.77. The number of rotatable bonds is 3. The molecule has 0 unspecified atom stereocenters. The number of carbonyl (C=O) groups is 1. The highest BCUT2D eigenvalue weighted by atomic mass is 16.3. The minimum Gasteiger partial charge on any atom is -0.508 e. The second-order valence-electron chi connectivity index (χ2n) is 3.63. The Morgan fingerprint density at radius 2 is 2.14 bits per heavy atom. The molecule has 0 atom stereocenters. The molecule has 2 rings (SSSR count). The Labute approximate surface area is 82.8 Å². The molecule has 1 heterocycles. The molecule has 1 saturated heterocycles. The van der Waals surface area contributed by atoms with E-state index in [2.05, 4.69) is 5.32 Å². The highest BCUT2D eigenvalue weighted by Gasteiger charge is 2.24. The van der Waals surface area contributed by atoms with Crippen LogP contribution in [0.3, 0.4) is 0 Å². The van der Waals surface area contributed by atoms with E-state index < -0.39 is 0 Å². The van der Waals surface area contributed by atoms with Crippen LogP contribution in [0.25, 0.3) is 0 Å². The van der Waals surface area contributed by atoms with Gasteiger partial charge in [0.05, 0.1) is 0 Å². The van der Waals surface area contributed by atoms with Gasteiger partial charge in [0.2, 0.25) is 0 Å². The summed E-state index contributed by atoms with van der Waals surface area (Å²) < 4.78 is 0. The Balaban J connectivity index is 2.03. The van der Waals surface area contributed by atoms with E-state index in [1.54, 1.807) is 18.2 Å². The zero-order valence-electron chi connectivity index (χ0n) is 7.86. The molecule has 0 aliphatic carbocycles. The quantitative estimate of drug-likeness (QED) is 0.740. The molecule has 1 aromatic carbocycles. The second kappa shape index (κ2) is 3.80. The van der Waals surface area contributed by atoms with Gasteiger partial charge in [0.15, 0.2) is 0 Å². The number of Topliss-reactive ketones (excluding diaryl/α,β-unsaturated/α-hetero) is 1. The Kier molecular flexibility index (Phi) is 2.50. The van der Waals surface area contributed by atoms with Gasteiger partial charge in [-0.05, 0) is 6.07 Å². The molecule has 0 saturated carbocycles. The number of benzene rings is 1. The van der Waals surface area contributed by atoms with E-state index >= 15 is 0 Å². The number of hydrogen-bond acceptors (Lipinski definition) is 3. The van der Waals surface area contributed by atoms with E-state index in [-0.39, 0.29) is 17.5 Å². The molecule has 2 N–H and O–H groups in total. The monoisotopic (exact) mass is 191 g/mol. The van der Waals surface area contributed by atoms with Crippen LogP contribution in [0, 0.1) is 5.92 Å². The van der Waals surface area contributed by atoms with Gasteiger partial charge in [-0.1, -0.05) is 18.2 Å². The molecule has 0 aromatic heterocycles. The lowest BCUT2D eigenvalue weighted by atomic mass is 9.93. The third-order valence-electron chi connectivity index (χ3n) is 2.59. The van der Waals surface area contributed by atoms with Crippen molar-refractivity contribution in [2.45, 2.75) is 6.42 Å². The number of para-hydroxylation sites is 1. The van der Waals surface area contributed by atoms with Gasteiger partial charge in [0.1, 0.15) is 11.5 Å². The maximum atomic E-state index is 11.6. The fourth-order valence-corrected chi connectivity index (χ4v) is 1.51. The summed E-state index contributed by atoms with van der Waals surface area (Å²) in [6.07, 6.45) is 0.346. The molecule has 1 aliphatic rings. The first-order valence-corrected chi connectivity index (χ1v) is 4.77. The Hall–Kier alpha value is -1.35. The lowest BCUT2D eigenvalue weighted by Crippen LogP contribution is -2.47. The molecule has 1 aromatic rings. The number of ketones is 1. The summed E-state index contributed by atoms with van der Waals surface area (Å²) in [7, 11) is 0. The Morgan fingerprint density at radius 1 is 1.43 bits per heavy atom. The molecule has 0 bridgehead atoms. The number of nitrogens with one attached hydrogen (secondary N) is 1. The summed E-state index contributed by atoms with van der Waals surface area (Å²) in [6.45, 7) is 1.57. The van der Waals surface area contributed by atoms with Gasteiger partial charge in [-0.3, -0.25) is 4.79 Å².